The summed E-state index contributed by atoms with van der Waals surface area (Å²) in [6, 6.07) is 13.6. The van der Waals surface area contributed by atoms with Crippen LogP contribution in [-0.2, 0) is 11.3 Å². The quantitative estimate of drug-likeness (QED) is 0.593. The van der Waals surface area contributed by atoms with Gasteiger partial charge in [-0.3, -0.25) is 4.79 Å². The highest BCUT2D eigenvalue weighted by molar-refractivity contribution is 7.99. The zero-order valence-corrected chi connectivity index (χ0v) is 17.1. The molecule has 0 aliphatic heterocycles. The molecule has 0 atom stereocenters. The highest BCUT2D eigenvalue weighted by Gasteiger charge is 2.16. The van der Waals surface area contributed by atoms with Gasteiger partial charge in [-0.25, -0.2) is 0 Å². The van der Waals surface area contributed by atoms with E-state index in [1.807, 2.05) is 48.7 Å². The average Bonchev–Trinajstić information content (AvgIpc) is 3.06. The van der Waals surface area contributed by atoms with Crippen LogP contribution in [0.15, 0.2) is 47.6 Å². The van der Waals surface area contributed by atoms with Crippen LogP contribution in [0.4, 0.5) is 5.69 Å². The van der Waals surface area contributed by atoms with Gasteiger partial charge in [-0.1, -0.05) is 53.7 Å². The fourth-order valence-corrected chi connectivity index (χ4v) is 3.68. The molecule has 1 amide bonds. The van der Waals surface area contributed by atoms with Gasteiger partial charge in [0.1, 0.15) is 0 Å². The minimum absolute atomic E-state index is 0.108. The summed E-state index contributed by atoms with van der Waals surface area (Å²) in [4.78, 5) is 12.3. The minimum atomic E-state index is -0.108. The number of halogens is 1. The molecule has 2 aromatic carbocycles. The van der Waals surface area contributed by atoms with Gasteiger partial charge in [-0.15, -0.1) is 10.2 Å². The first-order chi connectivity index (χ1) is 13.0. The van der Waals surface area contributed by atoms with Crippen LogP contribution in [0.1, 0.15) is 18.1 Å². The number of hydrogen-bond donors (Lipinski definition) is 1. The number of nitrogens with one attached hydrogen (secondary N) is 1. The van der Waals surface area contributed by atoms with Crippen molar-refractivity contribution in [1.82, 2.24) is 14.8 Å². The van der Waals surface area contributed by atoms with Gasteiger partial charge in [0.25, 0.3) is 0 Å². The molecule has 0 saturated heterocycles. The molecule has 3 rings (SSSR count). The van der Waals surface area contributed by atoms with E-state index in [2.05, 4.69) is 28.5 Å². The van der Waals surface area contributed by atoms with Gasteiger partial charge in [-0.2, -0.15) is 0 Å². The Labute approximate surface area is 168 Å². The second-order valence-electron chi connectivity index (χ2n) is 6.17. The lowest BCUT2D eigenvalue weighted by atomic mass is 10.1. The first kappa shape index (κ1) is 19.5. The van der Waals surface area contributed by atoms with Gasteiger partial charge in [-0.05, 0) is 44.0 Å². The van der Waals surface area contributed by atoms with E-state index in [9.17, 15) is 4.79 Å². The Kier molecular flexibility index (Phi) is 6.19. The summed E-state index contributed by atoms with van der Waals surface area (Å²) in [5.74, 6) is 0.962. The van der Waals surface area contributed by atoms with Crippen molar-refractivity contribution in [1.29, 1.82) is 0 Å². The Hall–Kier alpha value is -2.31. The number of aromatic nitrogens is 3. The Morgan fingerprint density at radius 2 is 1.93 bits per heavy atom. The molecule has 0 fully saturated rings. The molecule has 1 N–H and O–H groups in total. The van der Waals surface area contributed by atoms with E-state index >= 15 is 0 Å². The predicted molar refractivity (Wildman–Crippen MR) is 111 cm³/mol. The summed E-state index contributed by atoms with van der Waals surface area (Å²) in [6.45, 7) is 6.75. The van der Waals surface area contributed by atoms with Gasteiger partial charge >= 0.3 is 0 Å². The third-order valence-electron chi connectivity index (χ3n) is 4.21. The molecular weight excluding hydrogens is 380 g/mol. The Balaban J connectivity index is 1.70. The van der Waals surface area contributed by atoms with Crippen LogP contribution in [0, 0.1) is 13.8 Å². The molecule has 140 valence electrons. The second kappa shape index (κ2) is 8.59. The molecule has 1 aromatic heterocycles. The van der Waals surface area contributed by atoms with Crippen molar-refractivity contribution < 1.29 is 4.79 Å². The number of nitrogens with zero attached hydrogens (tertiary/aromatic N) is 3. The third kappa shape index (κ3) is 4.51. The minimum Gasteiger partial charge on any atom is -0.325 e. The summed E-state index contributed by atoms with van der Waals surface area (Å²) in [5, 5.41) is 12.9. The van der Waals surface area contributed by atoms with Crippen LogP contribution in [0.2, 0.25) is 5.02 Å². The van der Waals surface area contributed by atoms with E-state index in [4.69, 9.17) is 11.6 Å². The van der Waals surface area contributed by atoms with Crippen molar-refractivity contribution in [3.63, 3.8) is 0 Å². The molecule has 0 unspecified atom stereocenters. The lowest BCUT2D eigenvalue weighted by Gasteiger charge is -2.09. The maximum absolute atomic E-state index is 12.3. The number of carbonyl (C=O) groups excluding carboxylic acids is 1. The SMILES string of the molecule is CCn1c(SCC(=O)Nc2ccc(C)c(Cl)c2)nnc1-c1ccccc1C. The molecule has 5 nitrogen and oxygen atoms in total. The number of amides is 1. The Bertz CT molecular complexity index is 970. The summed E-state index contributed by atoms with van der Waals surface area (Å²) in [5.41, 5.74) is 3.86. The van der Waals surface area contributed by atoms with Gasteiger partial charge in [0.15, 0.2) is 11.0 Å². The molecule has 0 bridgehead atoms. The van der Waals surface area contributed by atoms with Crippen molar-refractivity contribution in [3.05, 3.63) is 58.6 Å². The van der Waals surface area contributed by atoms with Crippen LogP contribution >= 0.6 is 23.4 Å². The van der Waals surface area contributed by atoms with Crippen LogP contribution in [0.25, 0.3) is 11.4 Å². The number of benzene rings is 2. The first-order valence-electron chi connectivity index (χ1n) is 8.67. The molecule has 27 heavy (non-hydrogen) atoms. The van der Waals surface area contributed by atoms with E-state index < -0.39 is 0 Å². The summed E-state index contributed by atoms with van der Waals surface area (Å²) >= 11 is 7.48. The monoisotopic (exact) mass is 400 g/mol. The van der Waals surface area contributed by atoms with Crippen molar-refractivity contribution in [2.45, 2.75) is 32.5 Å². The van der Waals surface area contributed by atoms with Crippen LogP contribution < -0.4 is 5.32 Å². The van der Waals surface area contributed by atoms with Crippen LogP contribution in [-0.4, -0.2) is 26.4 Å². The highest BCUT2D eigenvalue weighted by Crippen LogP contribution is 2.26. The highest BCUT2D eigenvalue weighted by atomic mass is 35.5. The van der Waals surface area contributed by atoms with Gasteiger partial charge < -0.3 is 9.88 Å². The zero-order chi connectivity index (χ0) is 19.4. The van der Waals surface area contributed by atoms with Crippen LogP contribution in [0.5, 0.6) is 0 Å². The summed E-state index contributed by atoms with van der Waals surface area (Å²) in [7, 11) is 0. The first-order valence-corrected chi connectivity index (χ1v) is 10.0. The fraction of sp³-hybridized carbons (Fsp3) is 0.250. The molecule has 7 heteroatoms. The standard InChI is InChI=1S/C20H21ClN4OS/c1-4-25-19(16-8-6-5-7-13(16)2)23-24-20(25)27-12-18(26)22-15-10-9-14(3)17(21)11-15/h5-11H,4,12H2,1-3H3,(H,22,26). The molecule has 0 saturated carbocycles. The van der Waals surface area contributed by atoms with Crippen molar-refractivity contribution in [2.75, 3.05) is 11.1 Å². The number of thioether (sulfide) groups is 1. The number of rotatable bonds is 6. The molecule has 0 spiro atoms. The number of anilines is 1. The van der Waals surface area contributed by atoms with Crippen molar-refractivity contribution >= 4 is 35.0 Å². The lowest BCUT2D eigenvalue weighted by Crippen LogP contribution is -2.14. The van der Waals surface area contributed by atoms with E-state index in [1.54, 1.807) is 6.07 Å². The van der Waals surface area contributed by atoms with Gasteiger partial charge in [0.05, 0.1) is 5.75 Å². The summed E-state index contributed by atoms with van der Waals surface area (Å²) in [6.07, 6.45) is 0. The molecule has 0 aliphatic carbocycles. The largest absolute Gasteiger partial charge is 0.325 e. The summed E-state index contributed by atoms with van der Waals surface area (Å²) < 4.78 is 2.03. The van der Waals surface area contributed by atoms with Crippen molar-refractivity contribution in [3.8, 4) is 11.4 Å². The Morgan fingerprint density at radius 1 is 1.15 bits per heavy atom. The molecule has 3 aromatic rings. The fourth-order valence-electron chi connectivity index (χ4n) is 2.70. The van der Waals surface area contributed by atoms with E-state index in [0.29, 0.717) is 10.7 Å². The molecule has 1 heterocycles. The maximum Gasteiger partial charge on any atom is 0.234 e. The number of aryl methyl sites for hydroxylation is 2. The predicted octanol–water partition coefficient (Wildman–Crippen LogP) is 4.97. The smallest absolute Gasteiger partial charge is 0.234 e. The van der Waals surface area contributed by atoms with Gasteiger partial charge in [0.2, 0.25) is 5.91 Å². The normalized spacial score (nSPS) is 10.8. The topological polar surface area (TPSA) is 59.8 Å². The van der Waals surface area contributed by atoms with E-state index in [1.165, 1.54) is 11.8 Å². The third-order valence-corrected chi connectivity index (χ3v) is 5.58. The molecule has 0 aliphatic rings. The molecule has 0 radical (unpaired) electrons. The number of hydrogen-bond acceptors (Lipinski definition) is 4. The van der Waals surface area contributed by atoms with E-state index in [0.717, 1.165) is 34.2 Å². The Morgan fingerprint density at radius 3 is 2.63 bits per heavy atom. The van der Waals surface area contributed by atoms with E-state index in [-0.39, 0.29) is 11.7 Å². The maximum atomic E-state index is 12.3. The average molecular weight is 401 g/mol. The lowest BCUT2D eigenvalue weighted by molar-refractivity contribution is -0.113. The van der Waals surface area contributed by atoms with Crippen molar-refractivity contribution in [2.24, 2.45) is 0 Å². The number of carbonyl (C=O) groups is 1. The van der Waals surface area contributed by atoms with Crippen LogP contribution in [0.3, 0.4) is 0 Å². The second-order valence-corrected chi connectivity index (χ2v) is 7.52. The zero-order valence-electron chi connectivity index (χ0n) is 15.5. The molecular formula is C20H21ClN4OS. The van der Waals surface area contributed by atoms with Gasteiger partial charge in [0, 0.05) is 22.8 Å².